The Morgan fingerprint density at radius 1 is 0.857 bits per heavy atom. The van der Waals surface area contributed by atoms with Crippen LogP contribution in [0.2, 0.25) is 5.02 Å². The van der Waals surface area contributed by atoms with Crippen molar-refractivity contribution in [3.8, 4) is 39.8 Å². The third kappa shape index (κ3) is 3.14. The van der Waals surface area contributed by atoms with Gasteiger partial charge in [-0.05, 0) is 36.4 Å². The highest BCUT2D eigenvalue weighted by Crippen LogP contribution is 2.42. The largest absolute Gasteiger partial charge is 0.493 e. The Balaban J connectivity index is 1.97. The number of hydrogen-bond donors (Lipinski definition) is 0. The van der Waals surface area contributed by atoms with Crippen LogP contribution in [0, 0.1) is 0 Å². The maximum absolute atomic E-state index is 6.18. The van der Waals surface area contributed by atoms with E-state index in [1.165, 1.54) is 0 Å². The van der Waals surface area contributed by atoms with Gasteiger partial charge in [0.25, 0.3) is 0 Å². The molecule has 0 amide bonds. The fourth-order valence-corrected chi connectivity index (χ4v) is 3.45. The summed E-state index contributed by atoms with van der Waals surface area (Å²) in [5.74, 6) is 1.71. The molecule has 0 fully saturated rings. The fourth-order valence-electron chi connectivity index (χ4n) is 3.26. The van der Waals surface area contributed by atoms with Gasteiger partial charge in [-0.2, -0.15) is 0 Å². The molecule has 2 aromatic heterocycles. The molecule has 0 bridgehead atoms. The number of fused-ring (bicyclic) bond motifs is 1. The number of hydrogen-bond acceptors (Lipinski definition) is 4. The average molecular weight is 395 g/mol. The Labute approximate surface area is 168 Å². The quantitative estimate of drug-likeness (QED) is 0.458. The molecule has 0 radical (unpaired) electrons. The third-order valence-corrected chi connectivity index (χ3v) is 4.81. The van der Waals surface area contributed by atoms with Crippen molar-refractivity contribution in [2.75, 3.05) is 21.3 Å². The van der Waals surface area contributed by atoms with E-state index in [0.717, 1.165) is 28.0 Å². The van der Waals surface area contributed by atoms with Gasteiger partial charge in [0.2, 0.25) is 5.75 Å². The van der Waals surface area contributed by atoms with Crippen LogP contribution in [-0.2, 0) is 0 Å². The van der Waals surface area contributed by atoms with Crippen molar-refractivity contribution in [1.29, 1.82) is 0 Å². The van der Waals surface area contributed by atoms with Crippen molar-refractivity contribution in [1.82, 2.24) is 9.38 Å². The molecule has 4 rings (SSSR count). The summed E-state index contributed by atoms with van der Waals surface area (Å²) in [6, 6.07) is 15.5. The lowest BCUT2D eigenvalue weighted by molar-refractivity contribution is 0.324. The summed E-state index contributed by atoms with van der Waals surface area (Å²) in [5.41, 5.74) is 4.40. The number of methoxy groups -OCH3 is 3. The second-order valence-corrected chi connectivity index (χ2v) is 6.64. The Bertz CT molecular complexity index is 1130. The molecule has 4 aromatic rings. The predicted octanol–water partition coefficient (Wildman–Crippen LogP) is 5.35. The van der Waals surface area contributed by atoms with Crippen molar-refractivity contribution >= 4 is 17.1 Å². The molecule has 0 unspecified atom stereocenters. The van der Waals surface area contributed by atoms with E-state index < -0.39 is 0 Å². The fraction of sp³-hybridized carbons (Fsp3) is 0.136. The second-order valence-electron chi connectivity index (χ2n) is 6.20. The summed E-state index contributed by atoms with van der Waals surface area (Å²) in [6.07, 6.45) is 3.98. The average Bonchev–Trinajstić information content (AvgIpc) is 3.20. The van der Waals surface area contributed by atoms with E-state index in [1.54, 1.807) is 21.3 Å². The van der Waals surface area contributed by atoms with Crippen LogP contribution in [0.25, 0.3) is 28.0 Å². The normalized spacial score (nSPS) is 10.9. The van der Waals surface area contributed by atoms with Crippen LogP contribution in [-0.4, -0.2) is 30.7 Å². The van der Waals surface area contributed by atoms with Crippen LogP contribution in [0.4, 0.5) is 0 Å². The molecule has 0 aliphatic rings. The van der Waals surface area contributed by atoms with E-state index in [-0.39, 0.29) is 0 Å². The molecule has 142 valence electrons. The van der Waals surface area contributed by atoms with E-state index in [4.69, 9.17) is 30.8 Å². The number of aromatic nitrogens is 2. The van der Waals surface area contributed by atoms with Crippen LogP contribution in [0.1, 0.15) is 0 Å². The second kappa shape index (κ2) is 7.44. The first-order valence-corrected chi connectivity index (χ1v) is 9.06. The highest BCUT2D eigenvalue weighted by atomic mass is 35.5. The van der Waals surface area contributed by atoms with E-state index in [0.29, 0.717) is 22.3 Å². The lowest BCUT2D eigenvalue weighted by Crippen LogP contribution is -1.98. The van der Waals surface area contributed by atoms with E-state index in [2.05, 4.69) is 0 Å². The van der Waals surface area contributed by atoms with Gasteiger partial charge in [0.05, 0.1) is 38.2 Å². The standard InChI is InChI=1S/C22H19ClN2O3/c1-26-19-11-15(12-20(27-2)22(19)28-3)21-18-8-5-9-25(18)13-17(24-21)14-6-4-7-16(23)10-14/h4-13H,1-3H3. The molecular formula is C22H19ClN2O3. The lowest BCUT2D eigenvalue weighted by atomic mass is 10.1. The van der Waals surface area contributed by atoms with Gasteiger partial charge >= 0.3 is 0 Å². The summed E-state index contributed by atoms with van der Waals surface area (Å²) >= 11 is 6.18. The van der Waals surface area contributed by atoms with Crippen LogP contribution in [0.3, 0.4) is 0 Å². The Morgan fingerprint density at radius 3 is 2.25 bits per heavy atom. The zero-order valence-electron chi connectivity index (χ0n) is 15.8. The Kier molecular flexibility index (Phi) is 4.84. The van der Waals surface area contributed by atoms with Crippen molar-refractivity contribution in [3.63, 3.8) is 0 Å². The SMILES string of the molecule is COc1cc(-c2nc(-c3cccc(Cl)c3)cn3cccc23)cc(OC)c1OC. The van der Waals surface area contributed by atoms with Crippen LogP contribution >= 0.6 is 11.6 Å². The number of ether oxygens (including phenoxy) is 3. The molecule has 6 heteroatoms. The van der Waals surface area contributed by atoms with Crippen molar-refractivity contribution in [2.45, 2.75) is 0 Å². The summed E-state index contributed by atoms with van der Waals surface area (Å²) in [5, 5.41) is 0.668. The van der Waals surface area contributed by atoms with Crippen molar-refractivity contribution in [2.24, 2.45) is 0 Å². The summed E-state index contributed by atoms with van der Waals surface area (Å²) in [7, 11) is 4.79. The molecule has 0 spiro atoms. The molecule has 0 aliphatic heterocycles. The molecule has 0 saturated carbocycles. The van der Waals surface area contributed by atoms with Gasteiger partial charge < -0.3 is 18.6 Å². The third-order valence-electron chi connectivity index (χ3n) is 4.57. The minimum absolute atomic E-state index is 0.547. The first kappa shape index (κ1) is 18.2. The van der Waals surface area contributed by atoms with Crippen molar-refractivity contribution < 1.29 is 14.2 Å². The molecule has 0 saturated heterocycles. The monoisotopic (exact) mass is 394 g/mol. The van der Waals surface area contributed by atoms with Gasteiger partial charge in [0, 0.05) is 28.5 Å². The number of benzene rings is 2. The molecule has 0 atom stereocenters. The molecule has 0 aliphatic carbocycles. The first-order chi connectivity index (χ1) is 13.6. The number of halogens is 1. The van der Waals surface area contributed by atoms with E-state index in [9.17, 15) is 0 Å². The maximum atomic E-state index is 6.18. The molecule has 0 N–H and O–H groups in total. The summed E-state index contributed by atoms with van der Waals surface area (Å²) in [4.78, 5) is 4.93. The van der Waals surface area contributed by atoms with Gasteiger partial charge in [-0.15, -0.1) is 0 Å². The van der Waals surface area contributed by atoms with Crippen molar-refractivity contribution in [3.05, 3.63) is 65.9 Å². The van der Waals surface area contributed by atoms with Gasteiger partial charge in [0.15, 0.2) is 11.5 Å². The van der Waals surface area contributed by atoms with Gasteiger partial charge in [0.1, 0.15) is 0 Å². The highest BCUT2D eigenvalue weighted by Gasteiger charge is 2.17. The minimum Gasteiger partial charge on any atom is -0.493 e. The van der Waals surface area contributed by atoms with Gasteiger partial charge in [-0.1, -0.05) is 23.7 Å². The summed E-state index contributed by atoms with van der Waals surface area (Å²) in [6.45, 7) is 0. The molecule has 2 heterocycles. The minimum atomic E-state index is 0.547. The molecular weight excluding hydrogens is 376 g/mol. The van der Waals surface area contributed by atoms with Crippen LogP contribution < -0.4 is 14.2 Å². The molecule has 2 aromatic carbocycles. The van der Waals surface area contributed by atoms with Gasteiger partial charge in [-0.25, -0.2) is 4.98 Å². The molecule has 28 heavy (non-hydrogen) atoms. The first-order valence-electron chi connectivity index (χ1n) is 8.68. The van der Waals surface area contributed by atoms with Crippen LogP contribution in [0.5, 0.6) is 17.2 Å². The maximum Gasteiger partial charge on any atom is 0.203 e. The van der Waals surface area contributed by atoms with Gasteiger partial charge in [-0.3, -0.25) is 0 Å². The zero-order chi connectivity index (χ0) is 19.7. The topological polar surface area (TPSA) is 45.0 Å². The predicted molar refractivity (Wildman–Crippen MR) is 111 cm³/mol. The Hall–Kier alpha value is -3.18. The Morgan fingerprint density at radius 2 is 1.61 bits per heavy atom. The number of rotatable bonds is 5. The smallest absolute Gasteiger partial charge is 0.203 e. The van der Waals surface area contributed by atoms with Crippen LogP contribution in [0.15, 0.2) is 60.9 Å². The van der Waals surface area contributed by atoms with E-state index in [1.807, 2.05) is 65.3 Å². The molecule has 5 nitrogen and oxygen atoms in total. The highest BCUT2D eigenvalue weighted by molar-refractivity contribution is 6.30. The number of nitrogens with zero attached hydrogens (tertiary/aromatic N) is 2. The lowest BCUT2D eigenvalue weighted by Gasteiger charge is -2.15. The summed E-state index contributed by atoms with van der Waals surface area (Å²) < 4.78 is 18.5. The van der Waals surface area contributed by atoms with E-state index >= 15 is 0 Å². The zero-order valence-corrected chi connectivity index (χ0v) is 16.5.